The lowest BCUT2D eigenvalue weighted by Crippen LogP contribution is -2.35. The van der Waals surface area contributed by atoms with Gasteiger partial charge in [-0.3, -0.25) is 4.79 Å². The van der Waals surface area contributed by atoms with Gasteiger partial charge in [0.25, 0.3) is 0 Å². The highest BCUT2D eigenvalue weighted by Gasteiger charge is 2.30. The summed E-state index contributed by atoms with van der Waals surface area (Å²) in [6, 6.07) is 4.37. The molecule has 1 atom stereocenters. The molecular weight excluding hydrogens is 316 g/mol. The molecule has 1 saturated carbocycles. The SMILES string of the molecule is Cn1cccc1C1CCCCCN1C(=O)CCc1nc(C2CC2)no1. The highest BCUT2D eigenvalue weighted by Crippen LogP contribution is 2.38. The van der Waals surface area contributed by atoms with Crippen LogP contribution in [0, 0.1) is 0 Å². The zero-order valence-corrected chi connectivity index (χ0v) is 14.9. The van der Waals surface area contributed by atoms with Gasteiger partial charge in [0.05, 0.1) is 6.04 Å². The average Bonchev–Trinajstić information content (AvgIpc) is 3.29. The lowest BCUT2D eigenvalue weighted by atomic mass is 10.1. The third kappa shape index (κ3) is 3.62. The molecule has 2 aromatic heterocycles. The van der Waals surface area contributed by atoms with E-state index >= 15 is 0 Å². The molecule has 1 amide bonds. The molecule has 4 rings (SSSR count). The van der Waals surface area contributed by atoms with Crippen LogP contribution in [0.15, 0.2) is 22.9 Å². The number of nitrogens with zero attached hydrogens (tertiary/aromatic N) is 4. The fraction of sp³-hybridized carbons (Fsp3) is 0.632. The largest absolute Gasteiger partial charge is 0.353 e. The second-order valence-corrected chi connectivity index (χ2v) is 7.32. The minimum absolute atomic E-state index is 0.180. The molecule has 2 aliphatic rings. The molecule has 3 heterocycles. The zero-order valence-electron chi connectivity index (χ0n) is 14.9. The Morgan fingerprint density at radius 3 is 2.92 bits per heavy atom. The first-order valence-corrected chi connectivity index (χ1v) is 9.45. The number of carbonyl (C=O) groups is 1. The number of amides is 1. The zero-order chi connectivity index (χ0) is 17.2. The molecule has 2 aromatic rings. The number of likely N-dealkylation sites (tertiary alicyclic amines) is 1. The quantitative estimate of drug-likeness (QED) is 0.836. The van der Waals surface area contributed by atoms with Crippen LogP contribution in [0.4, 0.5) is 0 Å². The van der Waals surface area contributed by atoms with E-state index in [1.54, 1.807) is 0 Å². The minimum Gasteiger partial charge on any atom is -0.353 e. The molecule has 0 radical (unpaired) electrons. The number of hydrogen-bond donors (Lipinski definition) is 0. The predicted molar refractivity (Wildman–Crippen MR) is 92.9 cm³/mol. The van der Waals surface area contributed by atoms with Crippen molar-refractivity contribution in [3.63, 3.8) is 0 Å². The van der Waals surface area contributed by atoms with Crippen LogP contribution in [0.3, 0.4) is 0 Å². The summed E-state index contributed by atoms with van der Waals surface area (Å²) >= 11 is 0. The molecular formula is C19H26N4O2. The van der Waals surface area contributed by atoms with Gasteiger partial charge in [-0.2, -0.15) is 4.98 Å². The van der Waals surface area contributed by atoms with E-state index in [9.17, 15) is 4.79 Å². The van der Waals surface area contributed by atoms with Crippen LogP contribution in [0.25, 0.3) is 0 Å². The lowest BCUT2D eigenvalue weighted by Gasteiger charge is -2.30. The summed E-state index contributed by atoms with van der Waals surface area (Å²) in [6.45, 7) is 0.839. The maximum Gasteiger partial charge on any atom is 0.227 e. The first-order chi connectivity index (χ1) is 12.2. The Bertz CT molecular complexity index is 731. The molecule has 134 valence electrons. The molecule has 0 aromatic carbocycles. The van der Waals surface area contributed by atoms with Gasteiger partial charge in [0, 0.05) is 44.2 Å². The van der Waals surface area contributed by atoms with E-state index in [1.807, 2.05) is 0 Å². The van der Waals surface area contributed by atoms with E-state index in [0.29, 0.717) is 24.7 Å². The van der Waals surface area contributed by atoms with Crippen LogP contribution < -0.4 is 0 Å². The van der Waals surface area contributed by atoms with Gasteiger partial charge in [-0.1, -0.05) is 18.0 Å². The van der Waals surface area contributed by atoms with Crippen molar-refractivity contribution in [3.05, 3.63) is 35.7 Å². The van der Waals surface area contributed by atoms with Crippen molar-refractivity contribution in [2.75, 3.05) is 6.54 Å². The Balaban J connectivity index is 1.43. The first kappa shape index (κ1) is 16.4. The van der Waals surface area contributed by atoms with Crippen molar-refractivity contribution < 1.29 is 9.32 Å². The Morgan fingerprint density at radius 1 is 1.28 bits per heavy atom. The van der Waals surface area contributed by atoms with E-state index < -0.39 is 0 Å². The number of carbonyl (C=O) groups excluding carboxylic acids is 1. The van der Waals surface area contributed by atoms with Gasteiger partial charge in [-0.05, 0) is 37.8 Å². The minimum atomic E-state index is 0.180. The van der Waals surface area contributed by atoms with Crippen molar-refractivity contribution in [1.82, 2.24) is 19.6 Å². The van der Waals surface area contributed by atoms with Crippen LogP contribution in [0.2, 0.25) is 0 Å². The van der Waals surface area contributed by atoms with Gasteiger partial charge in [-0.15, -0.1) is 0 Å². The molecule has 6 nitrogen and oxygen atoms in total. The van der Waals surface area contributed by atoms with Crippen LogP contribution in [-0.4, -0.2) is 32.1 Å². The summed E-state index contributed by atoms with van der Waals surface area (Å²) in [4.78, 5) is 19.4. The van der Waals surface area contributed by atoms with E-state index in [4.69, 9.17) is 4.52 Å². The highest BCUT2D eigenvalue weighted by atomic mass is 16.5. The molecule has 1 unspecified atom stereocenters. The molecule has 1 saturated heterocycles. The standard InChI is InChI=1S/C19H26N4O2/c1-22-12-5-7-15(22)16-6-3-2-4-13-23(16)18(24)11-10-17-20-19(21-25-17)14-8-9-14/h5,7,12,14,16H,2-4,6,8-11,13H2,1H3. The number of aromatic nitrogens is 3. The van der Waals surface area contributed by atoms with Crippen LogP contribution in [-0.2, 0) is 18.3 Å². The van der Waals surface area contributed by atoms with E-state index in [0.717, 1.165) is 38.1 Å². The van der Waals surface area contributed by atoms with Gasteiger partial charge < -0.3 is 14.0 Å². The van der Waals surface area contributed by atoms with E-state index in [-0.39, 0.29) is 11.9 Å². The van der Waals surface area contributed by atoms with Gasteiger partial charge in [0.15, 0.2) is 5.82 Å². The monoisotopic (exact) mass is 342 g/mol. The lowest BCUT2D eigenvalue weighted by molar-refractivity contribution is -0.133. The maximum atomic E-state index is 12.9. The maximum absolute atomic E-state index is 12.9. The van der Waals surface area contributed by atoms with Crippen LogP contribution in [0.1, 0.15) is 74.3 Å². The van der Waals surface area contributed by atoms with Crippen molar-refractivity contribution >= 4 is 5.91 Å². The van der Waals surface area contributed by atoms with E-state index in [1.165, 1.54) is 18.5 Å². The van der Waals surface area contributed by atoms with Gasteiger partial charge in [0.1, 0.15) is 0 Å². The van der Waals surface area contributed by atoms with Gasteiger partial charge in [-0.25, -0.2) is 0 Å². The number of rotatable bonds is 5. The third-order valence-electron chi connectivity index (χ3n) is 5.38. The Morgan fingerprint density at radius 2 is 2.16 bits per heavy atom. The first-order valence-electron chi connectivity index (χ1n) is 9.45. The fourth-order valence-electron chi connectivity index (χ4n) is 3.77. The van der Waals surface area contributed by atoms with Crippen molar-refractivity contribution in [1.29, 1.82) is 0 Å². The number of hydrogen-bond acceptors (Lipinski definition) is 4. The molecule has 6 heteroatoms. The van der Waals surface area contributed by atoms with Crippen LogP contribution in [0.5, 0.6) is 0 Å². The molecule has 0 N–H and O–H groups in total. The molecule has 1 aliphatic heterocycles. The van der Waals surface area contributed by atoms with Crippen molar-refractivity contribution in [2.24, 2.45) is 7.05 Å². The molecule has 25 heavy (non-hydrogen) atoms. The summed E-state index contributed by atoms with van der Waals surface area (Å²) in [5, 5.41) is 4.04. The summed E-state index contributed by atoms with van der Waals surface area (Å²) in [7, 11) is 2.06. The predicted octanol–water partition coefficient (Wildman–Crippen LogP) is 3.36. The van der Waals surface area contributed by atoms with Gasteiger partial charge in [0.2, 0.25) is 11.8 Å². The summed E-state index contributed by atoms with van der Waals surface area (Å²) in [6.07, 6.45) is 9.83. The topological polar surface area (TPSA) is 64.2 Å². The van der Waals surface area contributed by atoms with Crippen molar-refractivity contribution in [3.8, 4) is 0 Å². The summed E-state index contributed by atoms with van der Waals surface area (Å²) in [5.41, 5.74) is 1.23. The summed E-state index contributed by atoms with van der Waals surface area (Å²) < 4.78 is 7.45. The fourth-order valence-corrected chi connectivity index (χ4v) is 3.77. The molecule has 0 spiro atoms. The van der Waals surface area contributed by atoms with E-state index in [2.05, 4.69) is 45.0 Å². The van der Waals surface area contributed by atoms with Gasteiger partial charge >= 0.3 is 0 Å². The highest BCUT2D eigenvalue weighted by molar-refractivity contribution is 5.76. The second-order valence-electron chi connectivity index (χ2n) is 7.32. The average molecular weight is 342 g/mol. The third-order valence-corrected chi connectivity index (χ3v) is 5.38. The molecule has 0 bridgehead atoms. The smallest absolute Gasteiger partial charge is 0.227 e. The number of aryl methyl sites for hydroxylation is 2. The summed E-state index contributed by atoms with van der Waals surface area (Å²) in [5.74, 6) is 2.10. The molecule has 2 fully saturated rings. The Kier molecular flexibility index (Phi) is 4.59. The normalized spacial score (nSPS) is 21.3. The Hall–Kier alpha value is -2.11. The Labute approximate surface area is 148 Å². The van der Waals surface area contributed by atoms with Crippen molar-refractivity contribution in [2.45, 2.75) is 63.3 Å². The molecule has 1 aliphatic carbocycles. The van der Waals surface area contributed by atoms with Crippen LogP contribution >= 0.6 is 0 Å². The second kappa shape index (κ2) is 7.02.